The van der Waals surface area contributed by atoms with Crippen LogP contribution in [0, 0.1) is 0 Å². The molecule has 162 valence electrons. The molecule has 1 aliphatic rings. The Kier molecular flexibility index (Phi) is 6.79. The van der Waals surface area contributed by atoms with Crippen molar-refractivity contribution in [2.24, 2.45) is 0 Å². The van der Waals surface area contributed by atoms with Gasteiger partial charge in [0.05, 0.1) is 11.2 Å². The molecule has 2 N–H and O–H groups in total. The Morgan fingerprint density at radius 1 is 0.800 bits per heavy atom. The van der Waals surface area contributed by atoms with Gasteiger partial charge in [0, 0.05) is 30.0 Å². The van der Waals surface area contributed by atoms with Crippen LogP contribution in [0.4, 0.5) is 11.4 Å². The van der Waals surface area contributed by atoms with Crippen LogP contribution in [0.1, 0.15) is 36.0 Å². The Balaban J connectivity index is 1.67. The highest BCUT2D eigenvalue weighted by Gasteiger charge is 2.25. The molecule has 10 heteroatoms. The van der Waals surface area contributed by atoms with Gasteiger partial charge in [-0.3, -0.25) is 9.52 Å². The Morgan fingerprint density at radius 3 is 1.87 bits per heavy atom. The summed E-state index contributed by atoms with van der Waals surface area (Å²) in [6, 6.07) is 12.1. The van der Waals surface area contributed by atoms with Crippen molar-refractivity contribution >= 4 is 37.3 Å². The molecule has 3 rings (SSSR count). The second-order valence-corrected chi connectivity index (χ2v) is 10.9. The summed E-state index contributed by atoms with van der Waals surface area (Å²) < 4.78 is 52.0. The average molecular weight is 452 g/mol. The third-order valence-electron chi connectivity index (χ3n) is 4.77. The number of nitrogens with zero attached hydrogens (tertiary/aromatic N) is 1. The van der Waals surface area contributed by atoms with E-state index in [4.69, 9.17) is 0 Å². The van der Waals surface area contributed by atoms with Gasteiger partial charge in [0.2, 0.25) is 20.0 Å². The van der Waals surface area contributed by atoms with Crippen LogP contribution in [0.2, 0.25) is 0 Å². The van der Waals surface area contributed by atoms with Crippen molar-refractivity contribution in [1.82, 2.24) is 4.31 Å². The minimum Gasteiger partial charge on any atom is -0.322 e. The maximum Gasteiger partial charge on any atom is 0.255 e. The van der Waals surface area contributed by atoms with E-state index in [0.29, 0.717) is 30.0 Å². The molecule has 1 saturated heterocycles. The normalized spacial score (nSPS) is 15.9. The molecule has 1 heterocycles. The second-order valence-electron chi connectivity index (χ2n) is 7.25. The van der Waals surface area contributed by atoms with Crippen LogP contribution in [-0.2, 0) is 20.0 Å². The number of carbonyl (C=O) groups excluding carboxylic acids is 1. The molecule has 2 aromatic carbocycles. The van der Waals surface area contributed by atoms with Crippen LogP contribution in [0.15, 0.2) is 53.4 Å². The molecule has 2 aromatic rings. The molecular formula is C20H25N3O5S2. The Bertz CT molecular complexity index is 1090. The van der Waals surface area contributed by atoms with Crippen molar-refractivity contribution in [2.75, 3.05) is 29.4 Å². The predicted molar refractivity (Wildman–Crippen MR) is 117 cm³/mol. The van der Waals surface area contributed by atoms with Gasteiger partial charge in [0.15, 0.2) is 0 Å². The lowest BCUT2D eigenvalue weighted by Crippen LogP contribution is -2.31. The summed E-state index contributed by atoms with van der Waals surface area (Å²) in [6.45, 7) is 1.07. The summed E-state index contributed by atoms with van der Waals surface area (Å²) in [5.74, 6) is -0.385. The molecule has 1 fully saturated rings. The van der Waals surface area contributed by atoms with E-state index in [2.05, 4.69) is 10.0 Å². The highest BCUT2D eigenvalue weighted by Crippen LogP contribution is 2.22. The molecule has 1 amide bonds. The van der Waals surface area contributed by atoms with E-state index in [1.165, 1.54) is 40.7 Å². The monoisotopic (exact) mass is 451 g/mol. The highest BCUT2D eigenvalue weighted by molar-refractivity contribution is 7.92. The number of amides is 1. The fraction of sp³-hybridized carbons (Fsp3) is 0.350. The van der Waals surface area contributed by atoms with Crippen molar-refractivity contribution in [2.45, 2.75) is 30.6 Å². The molecule has 0 unspecified atom stereocenters. The van der Waals surface area contributed by atoms with Crippen LogP contribution in [0.25, 0.3) is 0 Å². The van der Waals surface area contributed by atoms with Crippen LogP contribution >= 0.6 is 0 Å². The molecule has 8 nitrogen and oxygen atoms in total. The van der Waals surface area contributed by atoms with Crippen molar-refractivity contribution < 1.29 is 21.6 Å². The van der Waals surface area contributed by atoms with Crippen LogP contribution in [0.3, 0.4) is 0 Å². The zero-order chi connectivity index (χ0) is 21.8. The first-order valence-corrected chi connectivity index (χ1v) is 13.0. The third-order valence-corrected chi connectivity index (χ3v) is 7.28. The van der Waals surface area contributed by atoms with E-state index in [-0.39, 0.29) is 10.8 Å². The van der Waals surface area contributed by atoms with Crippen LogP contribution < -0.4 is 10.0 Å². The first kappa shape index (κ1) is 22.3. The molecule has 0 spiro atoms. The second kappa shape index (κ2) is 9.15. The molecule has 0 aliphatic carbocycles. The number of benzene rings is 2. The van der Waals surface area contributed by atoms with E-state index in [1.807, 2.05) is 0 Å². The van der Waals surface area contributed by atoms with Crippen LogP contribution in [0.5, 0.6) is 0 Å². The molecule has 0 atom stereocenters. The van der Waals surface area contributed by atoms with Gasteiger partial charge in [-0.2, -0.15) is 4.31 Å². The van der Waals surface area contributed by atoms with Crippen molar-refractivity contribution in [3.05, 3.63) is 54.1 Å². The molecular weight excluding hydrogens is 426 g/mol. The first-order valence-electron chi connectivity index (χ1n) is 9.65. The van der Waals surface area contributed by atoms with Gasteiger partial charge in [-0.15, -0.1) is 0 Å². The van der Waals surface area contributed by atoms with Gasteiger partial charge >= 0.3 is 0 Å². The van der Waals surface area contributed by atoms with E-state index in [0.717, 1.165) is 31.9 Å². The van der Waals surface area contributed by atoms with Crippen molar-refractivity contribution in [1.29, 1.82) is 0 Å². The van der Waals surface area contributed by atoms with Gasteiger partial charge in [-0.25, -0.2) is 16.8 Å². The molecule has 0 aromatic heterocycles. The fourth-order valence-corrected chi connectivity index (χ4v) is 5.33. The molecule has 1 aliphatic heterocycles. The van der Waals surface area contributed by atoms with E-state index in [9.17, 15) is 21.6 Å². The number of hydrogen-bond acceptors (Lipinski definition) is 5. The van der Waals surface area contributed by atoms with Crippen LogP contribution in [-0.4, -0.2) is 46.4 Å². The summed E-state index contributed by atoms with van der Waals surface area (Å²) in [6.07, 6.45) is 4.87. The largest absolute Gasteiger partial charge is 0.322 e. The third kappa shape index (κ3) is 5.80. The van der Waals surface area contributed by atoms with Gasteiger partial charge in [-0.05, 0) is 61.4 Å². The zero-order valence-electron chi connectivity index (χ0n) is 16.7. The lowest BCUT2D eigenvalue weighted by Gasteiger charge is -2.20. The van der Waals surface area contributed by atoms with E-state index >= 15 is 0 Å². The maximum atomic E-state index is 12.8. The highest BCUT2D eigenvalue weighted by atomic mass is 32.2. The van der Waals surface area contributed by atoms with Gasteiger partial charge < -0.3 is 5.32 Å². The van der Waals surface area contributed by atoms with Gasteiger partial charge in [-0.1, -0.05) is 12.8 Å². The Hall–Kier alpha value is -2.43. The first-order chi connectivity index (χ1) is 14.1. The van der Waals surface area contributed by atoms with Gasteiger partial charge in [0.25, 0.3) is 5.91 Å². The molecule has 30 heavy (non-hydrogen) atoms. The minimum absolute atomic E-state index is 0.207. The summed E-state index contributed by atoms with van der Waals surface area (Å²) in [5, 5.41) is 2.71. The number of anilines is 2. The molecule has 0 radical (unpaired) electrons. The number of sulfonamides is 2. The summed E-state index contributed by atoms with van der Waals surface area (Å²) in [4.78, 5) is 12.6. The standard InChI is InChI=1S/C20H25N3O5S2/c1-29(25,26)22-18-8-6-16(7-9-18)20(24)21-17-10-12-19(13-11-17)30(27,28)23-14-4-2-3-5-15-23/h6-13,22H,2-5,14-15H2,1H3,(H,21,24). The fourth-order valence-electron chi connectivity index (χ4n) is 3.25. The predicted octanol–water partition coefficient (Wildman–Crippen LogP) is 2.88. The smallest absolute Gasteiger partial charge is 0.255 e. The molecule has 0 saturated carbocycles. The number of nitrogens with one attached hydrogen (secondary N) is 2. The quantitative estimate of drug-likeness (QED) is 0.701. The summed E-state index contributed by atoms with van der Waals surface area (Å²) in [7, 11) is -6.93. The maximum absolute atomic E-state index is 12.8. The SMILES string of the molecule is CS(=O)(=O)Nc1ccc(C(=O)Nc2ccc(S(=O)(=O)N3CCCCCC3)cc2)cc1. The lowest BCUT2D eigenvalue weighted by atomic mass is 10.2. The number of carbonyl (C=O) groups is 1. The Morgan fingerprint density at radius 2 is 1.33 bits per heavy atom. The average Bonchev–Trinajstić information content (AvgIpc) is 2.98. The van der Waals surface area contributed by atoms with E-state index < -0.39 is 20.0 Å². The lowest BCUT2D eigenvalue weighted by molar-refractivity contribution is 0.102. The number of hydrogen-bond donors (Lipinski definition) is 2. The van der Waals surface area contributed by atoms with Gasteiger partial charge in [0.1, 0.15) is 0 Å². The number of rotatable bonds is 6. The Labute approximate surface area is 177 Å². The van der Waals surface area contributed by atoms with Crippen molar-refractivity contribution in [3.63, 3.8) is 0 Å². The minimum atomic E-state index is -3.54. The summed E-state index contributed by atoms with van der Waals surface area (Å²) in [5.41, 5.74) is 1.17. The van der Waals surface area contributed by atoms with Crippen molar-refractivity contribution in [3.8, 4) is 0 Å². The summed E-state index contributed by atoms with van der Waals surface area (Å²) >= 11 is 0. The topological polar surface area (TPSA) is 113 Å². The molecule has 0 bridgehead atoms. The zero-order valence-corrected chi connectivity index (χ0v) is 18.3. The van der Waals surface area contributed by atoms with E-state index in [1.54, 1.807) is 12.1 Å².